The van der Waals surface area contributed by atoms with Crippen molar-refractivity contribution < 1.29 is 224 Å². The lowest BCUT2D eigenvalue weighted by Gasteiger charge is -2.42. The van der Waals surface area contributed by atoms with E-state index in [0.29, 0.717) is 0 Å². The normalized spacial score (nSPS) is 16.6. The Morgan fingerprint density at radius 2 is 0.253 bits per heavy atom. The maximum atomic E-state index is 14.4. The molecule has 0 heterocycles. The topological polar surface area (TPSA) is 0 Å². The molecule has 0 unspecified atom stereocenters. The zero-order valence-electron chi connectivity index (χ0n) is 42.3. The average Bonchev–Trinajstić information content (AvgIpc) is 0.712. The van der Waals surface area contributed by atoms with Crippen LogP contribution < -0.4 is 0 Å². The van der Waals surface area contributed by atoms with Crippen LogP contribution in [-0.4, -0.2) is 161 Å². The van der Waals surface area contributed by atoms with Crippen LogP contribution in [0, 0.1) is 0 Å². The van der Waals surface area contributed by atoms with Crippen molar-refractivity contribution in [1.82, 2.24) is 0 Å². The van der Waals surface area contributed by atoms with Gasteiger partial charge in [-0.2, -0.15) is 224 Å². The van der Waals surface area contributed by atoms with Crippen LogP contribution in [0.25, 0.3) is 0 Å². The number of alkyl halides is 51. The first-order chi connectivity index (χ1) is 39.0. The molecule has 0 saturated heterocycles. The molecule has 0 aromatic heterocycles. The Labute approximate surface area is 471 Å². The standard InChI is InChI=1S/C39H30F51P/c40-16(41,19(46,47)22(52,53)25(58,59)28(64,65)31(70,71)34(76,77)37(82,83)84)10-4-1-7-13-91(14-8-2-5-11-17(42,43)20(48,49)23(54,55)26(60,61)29(66,67)32(72,73)35(78,79)38(85,86)87)15-9-3-6-12-18(44,45)21(50,51)24(56,57)27(62,63)30(68,69)33(74,75)36(80,81)39(88,89)90/h1-15H2. The summed E-state index contributed by atoms with van der Waals surface area (Å²) in [5.41, 5.74) is 0. The summed E-state index contributed by atoms with van der Waals surface area (Å²) in [5.74, 6) is -179. The van der Waals surface area contributed by atoms with Gasteiger partial charge in [-0.25, -0.2) is 0 Å². The van der Waals surface area contributed by atoms with E-state index in [-0.39, 0.29) is 0 Å². The molecule has 0 aromatic carbocycles. The molecule has 0 saturated carbocycles. The fourth-order valence-electron chi connectivity index (χ4n) is 6.97. The Bertz CT molecular complexity index is 2110. The van der Waals surface area contributed by atoms with E-state index in [9.17, 15) is 224 Å². The zero-order chi connectivity index (χ0) is 74.2. The fourth-order valence-corrected chi connectivity index (χ4v) is 9.66. The molecule has 91 heavy (non-hydrogen) atoms. The van der Waals surface area contributed by atoms with Crippen molar-refractivity contribution in [1.29, 1.82) is 0 Å². The molecule has 0 atom stereocenters. The first-order valence-corrected chi connectivity index (χ1v) is 24.8. The highest BCUT2D eigenvalue weighted by molar-refractivity contribution is 7.57. The van der Waals surface area contributed by atoms with Crippen LogP contribution in [0.1, 0.15) is 77.0 Å². The van der Waals surface area contributed by atoms with Gasteiger partial charge in [0, 0.05) is 19.3 Å². The van der Waals surface area contributed by atoms with Crippen LogP contribution in [0.5, 0.6) is 0 Å². The molecule has 0 aliphatic heterocycles. The Kier molecular flexibility index (Phi) is 24.5. The maximum absolute atomic E-state index is 14.4. The summed E-state index contributed by atoms with van der Waals surface area (Å²) in [6.07, 6.45) is -50.2. The Morgan fingerprint density at radius 3 is 0.385 bits per heavy atom. The van der Waals surface area contributed by atoms with Crippen molar-refractivity contribution in [3.63, 3.8) is 0 Å². The van der Waals surface area contributed by atoms with Gasteiger partial charge in [-0.15, -0.1) is 7.92 Å². The fraction of sp³-hybridized carbons (Fsp3) is 1.00. The lowest BCUT2D eigenvalue weighted by atomic mass is 9.88. The molecule has 0 radical (unpaired) electrons. The predicted molar refractivity (Wildman–Crippen MR) is 199 cm³/mol. The van der Waals surface area contributed by atoms with E-state index in [4.69, 9.17) is 0 Å². The van der Waals surface area contributed by atoms with E-state index in [2.05, 4.69) is 0 Å². The van der Waals surface area contributed by atoms with Crippen LogP contribution in [0.3, 0.4) is 0 Å². The van der Waals surface area contributed by atoms with Crippen LogP contribution >= 0.6 is 7.92 Å². The smallest absolute Gasteiger partial charge is 0.200 e. The second-order valence-electron chi connectivity index (χ2n) is 19.2. The van der Waals surface area contributed by atoms with E-state index in [1.807, 2.05) is 0 Å². The summed E-state index contributed by atoms with van der Waals surface area (Å²) in [5, 5.41) is 0. The average molecular weight is 1500 g/mol. The van der Waals surface area contributed by atoms with Gasteiger partial charge in [0.15, 0.2) is 0 Å². The minimum absolute atomic E-state index is 0.996. The van der Waals surface area contributed by atoms with E-state index >= 15 is 0 Å². The van der Waals surface area contributed by atoms with Crippen molar-refractivity contribution in [2.45, 2.75) is 220 Å². The Hall–Kier alpha value is -3.14. The minimum Gasteiger partial charge on any atom is -0.200 e. The second-order valence-corrected chi connectivity index (χ2v) is 21.9. The van der Waals surface area contributed by atoms with Gasteiger partial charge in [-0.05, 0) is 57.0 Å². The molecule has 548 valence electrons. The monoisotopic (exact) mass is 1500 g/mol. The molecule has 0 amide bonds. The number of hydrogen-bond donors (Lipinski definition) is 0. The largest absolute Gasteiger partial charge is 0.460 e. The predicted octanol–water partition coefficient (Wildman–Crippen LogP) is 22.2. The van der Waals surface area contributed by atoms with Gasteiger partial charge in [0.1, 0.15) is 0 Å². The highest BCUT2D eigenvalue weighted by Crippen LogP contribution is 2.68. The van der Waals surface area contributed by atoms with Gasteiger partial charge in [0.05, 0.1) is 0 Å². The van der Waals surface area contributed by atoms with Gasteiger partial charge in [-0.3, -0.25) is 0 Å². The zero-order valence-corrected chi connectivity index (χ0v) is 43.2. The second kappa shape index (κ2) is 25.4. The van der Waals surface area contributed by atoms with Gasteiger partial charge >= 0.3 is 143 Å². The van der Waals surface area contributed by atoms with Gasteiger partial charge < -0.3 is 0 Å². The van der Waals surface area contributed by atoms with Gasteiger partial charge in [0.2, 0.25) is 0 Å². The molecule has 0 N–H and O–H groups in total. The number of hydrogen-bond acceptors (Lipinski definition) is 0. The molecule has 0 bridgehead atoms. The maximum Gasteiger partial charge on any atom is 0.460 e. The van der Waals surface area contributed by atoms with Crippen LogP contribution in [0.2, 0.25) is 0 Å². The van der Waals surface area contributed by atoms with Gasteiger partial charge in [0.25, 0.3) is 0 Å². The summed E-state index contributed by atoms with van der Waals surface area (Å²) >= 11 is 0. The quantitative estimate of drug-likeness (QED) is 0.0333. The minimum atomic E-state index is -9.08. The molecule has 0 aliphatic rings. The van der Waals surface area contributed by atoms with E-state index in [0.717, 1.165) is 0 Å². The molecule has 0 aliphatic carbocycles. The van der Waals surface area contributed by atoms with Crippen LogP contribution in [0.4, 0.5) is 224 Å². The molecule has 0 nitrogen and oxygen atoms in total. The molecule has 0 spiro atoms. The van der Waals surface area contributed by atoms with E-state index in [1.165, 1.54) is 0 Å². The third-order valence-electron chi connectivity index (χ3n) is 12.8. The van der Waals surface area contributed by atoms with Crippen molar-refractivity contribution >= 4 is 7.92 Å². The van der Waals surface area contributed by atoms with Crippen LogP contribution in [0.15, 0.2) is 0 Å². The molecule has 0 aromatic rings. The number of rotatable bonds is 36. The molecule has 52 heteroatoms. The highest BCUT2D eigenvalue weighted by Gasteiger charge is 2.98. The van der Waals surface area contributed by atoms with Crippen molar-refractivity contribution in [2.75, 3.05) is 18.5 Å². The lowest BCUT2D eigenvalue weighted by molar-refractivity contribution is -0.461. The van der Waals surface area contributed by atoms with Crippen LogP contribution in [-0.2, 0) is 0 Å². The third kappa shape index (κ3) is 13.8. The molecule has 0 fully saturated rings. The Morgan fingerprint density at radius 1 is 0.132 bits per heavy atom. The number of halogens is 51. The van der Waals surface area contributed by atoms with Crippen molar-refractivity contribution in [3.05, 3.63) is 0 Å². The molecule has 0 rings (SSSR count). The SMILES string of the molecule is FC(F)(F)C(F)(F)C(F)(F)C(F)(F)C(F)(F)C(F)(F)C(F)(F)C(F)(F)CCCCCP(CCCCCC(F)(F)C(F)(F)C(F)(F)C(F)(F)C(F)(F)C(F)(F)C(F)(F)C(F)(F)F)CCCCCC(F)(F)C(F)(F)C(F)(F)C(F)(F)C(F)(F)C(F)(F)C(F)(F)C(F)(F)F. The van der Waals surface area contributed by atoms with E-state index in [1.54, 1.807) is 0 Å². The summed E-state index contributed by atoms with van der Waals surface area (Å²) in [6.45, 7) is 0. The van der Waals surface area contributed by atoms with Gasteiger partial charge in [-0.1, -0.05) is 19.3 Å². The van der Waals surface area contributed by atoms with E-state index < -0.39 is 246 Å². The summed E-state index contributed by atoms with van der Waals surface area (Å²) in [7, 11) is -2.54. The highest BCUT2D eigenvalue weighted by atomic mass is 31.1. The summed E-state index contributed by atoms with van der Waals surface area (Å²) < 4.78 is 693. The van der Waals surface area contributed by atoms with Crippen molar-refractivity contribution in [2.24, 2.45) is 0 Å². The molecular weight excluding hydrogens is 1470 g/mol. The Balaban J connectivity index is 6.89. The summed E-state index contributed by atoms with van der Waals surface area (Å²) in [6, 6.07) is 0. The number of unbranched alkanes of at least 4 members (excludes halogenated alkanes) is 6. The van der Waals surface area contributed by atoms with Crippen molar-refractivity contribution in [3.8, 4) is 0 Å². The first kappa shape index (κ1) is 87.9. The first-order valence-electron chi connectivity index (χ1n) is 22.9. The third-order valence-corrected chi connectivity index (χ3v) is 15.6. The lowest BCUT2D eigenvalue weighted by Crippen LogP contribution is -2.74. The molecular formula is C39H30F51P. The summed E-state index contributed by atoms with van der Waals surface area (Å²) in [4.78, 5) is 0.